The number of rotatable bonds is 10. The average molecular weight is 503 g/mol. The smallest absolute Gasteiger partial charge is 0.324 e. The lowest BCUT2D eigenvalue weighted by Crippen LogP contribution is -2.46. The molecular weight excluding hydrogens is 468 g/mol. The lowest BCUT2D eigenvalue weighted by atomic mass is 9.96. The van der Waals surface area contributed by atoms with E-state index in [-0.39, 0.29) is 18.3 Å². The van der Waals surface area contributed by atoms with Crippen LogP contribution < -0.4 is 9.64 Å². The SMILES string of the molecule is CC#C[C@@H](CC(=O)O)c1ccc(OCc2ccc(CN3CCN(c4nc(C(C)C)no4)CC3)cc2)cc1. The molecule has 4 rings (SSSR count). The van der Waals surface area contributed by atoms with Crippen LogP contribution in [0, 0.1) is 11.8 Å². The molecule has 1 aliphatic rings. The van der Waals surface area contributed by atoms with Crippen molar-refractivity contribution in [3.05, 3.63) is 71.0 Å². The molecule has 194 valence electrons. The zero-order valence-corrected chi connectivity index (χ0v) is 21.7. The van der Waals surface area contributed by atoms with Gasteiger partial charge in [-0.3, -0.25) is 9.69 Å². The van der Waals surface area contributed by atoms with Crippen LogP contribution in [-0.2, 0) is 17.9 Å². The van der Waals surface area contributed by atoms with Crippen molar-refractivity contribution in [2.24, 2.45) is 0 Å². The first kappa shape index (κ1) is 26.2. The maximum atomic E-state index is 11.1. The molecule has 8 heteroatoms. The van der Waals surface area contributed by atoms with Crippen LogP contribution >= 0.6 is 0 Å². The lowest BCUT2D eigenvalue weighted by Gasteiger charge is -2.33. The minimum absolute atomic E-state index is 0.0130. The summed E-state index contributed by atoms with van der Waals surface area (Å²) in [5, 5.41) is 13.2. The van der Waals surface area contributed by atoms with E-state index in [2.05, 4.69) is 69.9 Å². The highest BCUT2D eigenvalue weighted by molar-refractivity contribution is 5.69. The van der Waals surface area contributed by atoms with Crippen molar-refractivity contribution in [3.63, 3.8) is 0 Å². The van der Waals surface area contributed by atoms with Gasteiger partial charge in [0.05, 0.1) is 12.3 Å². The monoisotopic (exact) mass is 502 g/mol. The van der Waals surface area contributed by atoms with Gasteiger partial charge in [0.25, 0.3) is 0 Å². The normalized spacial score (nSPS) is 14.8. The maximum absolute atomic E-state index is 11.1. The minimum atomic E-state index is -0.859. The molecule has 1 aromatic heterocycles. The topological polar surface area (TPSA) is 91.9 Å². The van der Waals surface area contributed by atoms with Crippen LogP contribution in [0.1, 0.15) is 61.5 Å². The molecule has 0 radical (unpaired) electrons. The molecule has 8 nitrogen and oxygen atoms in total. The summed E-state index contributed by atoms with van der Waals surface area (Å²) in [6.45, 7) is 10.8. The van der Waals surface area contributed by atoms with Gasteiger partial charge in [0.2, 0.25) is 0 Å². The largest absolute Gasteiger partial charge is 0.489 e. The van der Waals surface area contributed by atoms with Gasteiger partial charge >= 0.3 is 12.0 Å². The zero-order chi connectivity index (χ0) is 26.2. The summed E-state index contributed by atoms with van der Waals surface area (Å²) >= 11 is 0. The van der Waals surface area contributed by atoms with Gasteiger partial charge in [-0.25, -0.2) is 0 Å². The van der Waals surface area contributed by atoms with Crippen molar-refractivity contribution >= 4 is 12.0 Å². The van der Waals surface area contributed by atoms with Crippen LogP contribution in [-0.4, -0.2) is 52.3 Å². The molecule has 1 aliphatic heterocycles. The van der Waals surface area contributed by atoms with Gasteiger partial charge in [0.15, 0.2) is 5.82 Å². The van der Waals surface area contributed by atoms with Gasteiger partial charge in [-0.2, -0.15) is 4.98 Å². The van der Waals surface area contributed by atoms with E-state index in [1.807, 2.05) is 24.3 Å². The quantitative estimate of drug-likeness (QED) is 0.400. The van der Waals surface area contributed by atoms with Crippen molar-refractivity contribution in [1.82, 2.24) is 15.0 Å². The van der Waals surface area contributed by atoms with E-state index in [9.17, 15) is 4.79 Å². The fourth-order valence-corrected chi connectivity index (χ4v) is 4.25. The molecule has 2 heterocycles. The molecule has 0 spiro atoms. The Hall–Kier alpha value is -3.83. The second kappa shape index (κ2) is 12.4. The Morgan fingerprint density at radius 2 is 1.73 bits per heavy atom. The molecule has 1 atom stereocenters. The second-order valence-electron chi connectivity index (χ2n) is 9.57. The summed E-state index contributed by atoms with van der Waals surface area (Å²) in [6.07, 6.45) is -0.0130. The number of anilines is 1. The molecule has 0 amide bonds. The number of hydrogen-bond donors (Lipinski definition) is 1. The number of carboxylic acid groups (broad SMARTS) is 1. The minimum Gasteiger partial charge on any atom is -0.489 e. The first-order valence-corrected chi connectivity index (χ1v) is 12.7. The predicted octanol–water partition coefficient (Wildman–Crippen LogP) is 4.68. The van der Waals surface area contributed by atoms with Gasteiger partial charge in [0, 0.05) is 38.6 Å². The number of ether oxygens (including phenoxy) is 1. The molecule has 0 bridgehead atoms. The van der Waals surface area contributed by atoms with E-state index in [0.717, 1.165) is 55.4 Å². The molecule has 3 aromatic rings. The number of piperazine rings is 1. The van der Waals surface area contributed by atoms with Crippen molar-refractivity contribution < 1.29 is 19.2 Å². The van der Waals surface area contributed by atoms with Gasteiger partial charge in [-0.15, -0.1) is 5.92 Å². The van der Waals surface area contributed by atoms with Crippen molar-refractivity contribution in [2.75, 3.05) is 31.1 Å². The fraction of sp³-hybridized carbons (Fsp3) is 0.414. The number of benzene rings is 2. The first-order chi connectivity index (χ1) is 17.9. The third-order valence-electron chi connectivity index (χ3n) is 6.40. The highest BCUT2D eigenvalue weighted by Crippen LogP contribution is 2.23. The Balaban J connectivity index is 1.23. The van der Waals surface area contributed by atoms with Crippen LogP contribution in [0.15, 0.2) is 53.1 Å². The highest BCUT2D eigenvalue weighted by atomic mass is 16.5. The Labute approximate surface area is 218 Å². The molecule has 37 heavy (non-hydrogen) atoms. The number of carbonyl (C=O) groups is 1. The zero-order valence-electron chi connectivity index (χ0n) is 21.7. The molecule has 0 aliphatic carbocycles. The number of carboxylic acids is 1. The van der Waals surface area contributed by atoms with Crippen LogP contribution in [0.3, 0.4) is 0 Å². The average Bonchev–Trinajstić information content (AvgIpc) is 3.40. The van der Waals surface area contributed by atoms with Gasteiger partial charge < -0.3 is 19.3 Å². The summed E-state index contributed by atoms with van der Waals surface area (Å²) in [6, 6.07) is 16.6. The Bertz CT molecular complexity index is 1220. The van der Waals surface area contributed by atoms with Crippen LogP contribution in [0.2, 0.25) is 0 Å². The highest BCUT2D eigenvalue weighted by Gasteiger charge is 2.22. The third kappa shape index (κ3) is 7.34. The van der Waals surface area contributed by atoms with Crippen LogP contribution in [0.5, 0.6) is 5.75 Å². The molecular formula is C29H34N4O4. The number of aliphatic carboxylic acids is 1. The Kier molecular flexibility index (Phi) is 8.81. The predicted molar refractivity (Wildman–Crippen MR) is 142 cm³/mol. The summed E-state index contributed by atoms with van der Waals surface area (Å²) in [7, 11) is 0. The molecule has 1 fully saturated rings. The van der Waals surface area contributed by atoms with E-state index in [1.54, 1.807) is 6.92 Å². The fourth-order valence-electron chi connectivity index (χ4n) is 4.25. The van der Waals surface area contributed by atoms with E-state index in [1.165, 1.54) is 5.56 Å². The summed E-state index contributed by atoms with van der Waals surface area (Å²) in [4.78, 5) is 20.2. The van der Waals surface area contributed by atoms with Crippen molar-refractivity contribution in [1.29, 1.82) is 0 Å². The molecule has 1 N–H and O–H groups in total. The van der Waals surface area contributed by atoms with E-state index >= 15 is 0 Å². The summed E-state index contributed by atoms with van der Waals surface area (Å²) < 4.78 is 11.4. The Morgan fingerprint density at radius 1 is 1.05 bits per heavy atom. The summed E-state index contributed by atoms with van der Waals surface area (Å²) in [5.41, 5.74) is 3.24. The second-order valence-corrected chi connectivity index (χ2v) is 9.57. The molecule has 0 unspecified atom stereocenters. The van der Waals surface area contributed by atoms with Gasteiger partial charge in [-0.05, 0) is 35.7 Å². The summed E-state index contributed by atoms with van der Waals surface area (Å²) in [5.74, 6) is 6.37. The van der Waals surface area contributed by atoms with Gasteiger partial charge in [0.1, 0.15) is 12.4 Å². The van der Waals surface area contributed by atoms with E-state index < -0.39 is 5.97 Å². The maximum Gasteiger partial charge on any atom is 0.324 e. The van der Waals surface area contributed by atoms with Gasteiger partial charge in [-0.1, -0.05) is 61.3 Å². The van der Waals surface area contributed by atoms with Crippen LogP contribution in [0.4, 0.5) is 6.01 Å². The van der Waals surface area contributed by atoms with Crippen LogP contribution in [0.25, 0.3) is 0 Å². The lowest BCUT2D eigenvalue weighted by molar-refractivity contribution is -0.137. The third-order valence-corrected chi connectivity index (χ3v) is 6.40. The van der Waals surface area contributed by atoms with Crippen molar-refractivity contribution in [3.8, 4) is 17.6 Å². The number of aromatic nitrogens is 2. The Morgan fingerprint density at radius 3 is 2.32 bits per heavy atom. The standard InChI is InChI=1S/C29H34N4O4/c1-4-5-25(18-27(34)35)24-10-12-26(13-11-24)36-20-23-8-6-22(7-9-23)19-32-14-16-33(17-15-32)29-30-28(21(2)3)31-37-29/h6-13,21,25H,14-20H2,1-3H3,(H,34,35)/t25-/m0/s1. The van der Waals surface area contributed by atoms with E-state index in [4.69, 9.17) is 14.4 Å². The number of nitrogens with zero attached hydrogens (tertiary/aromatic N) is 4. The first-order valence-electron chi connectivity index (χ1n) is 12.7. The molecule has 0 saturated carbocycles. The van der Waals surface area contributed by atoms with E-state index in [0.29, 0.717) is 12.6 Å². The van der Waals surface area contributed by atoms with Crippen molar-refractivity contribution in [2.45, 2.75) is 52.2 Å². The molecule has 2 aromatic carbocycles. The number of hydrogen-bond acceptors (Lipinski definition) is 7. The molecule has 1 saturated heterocycles.